The van der Waals surface area contributed by atoms with E-state index in [1.165, 1.54) is 16.4 Å². The number of allylic oxidation sites excluding steroid dienone is 2. The summed E-state index contributed by atoms with van der Waals surface area (Å²) in [6, 6.07) is 6.14. The highest BCUT2D eigenvalue weighted by molar-refractivity contribution is 7.89. The van der Waals surface area contributed by atoms with E-state index in [0.29, 0.717) is 18.8 Å². The number of carbonyl (C=O) groups is 3. The lowest BCUT2D eigenvalue weighted by molar-refractivity contribution is -0.143. The van der Waals surface area contributed by atoms with Gasteiger partial charge in [0, 0.05) is 18.8 Å². The van der Waals surface area contributed by atoms with Crippen molar-refractivity contribution < 1.29 is 22.8 Å². The number of rotatable bonds is 5. The Morgan fingerprint density at radius 3 is 2.22 bits per heavy atom. The van der Waals surface area contributed by atoms with Crippen molar-refractivity contribution in [3.63, 3.8) is 0 Å². The molecule has 2 bridgehead atoms. The average Bonchev–Trinajstić information content (AvgIpc) is 3.36. The molecular weight excluding hydrogens is 430 g/mol. The largest absolute Gasteiger partial charge is 0.324 e. The Balaban J connectivity index is 1.27. The van der Waals surface area contributed by atoms with Crippen molar-refractivity contribution in [1.29, 1.82) is 0 Å². The van der Waals surface area contributed by atoms with E-state index in [9.17, 15) is 22.8 Å². The van der Waals surface area contributed by atoms with E-state index in [1.54, 1.807) is 12.1 Å². The van der Waals surface area contributed by atoms with Gasteiger partial charge in [-0.1, -0.05) is 31.1 Å². The molecule has 1 N–H and O–H groups in total. The molecule has 5 rings (SSSR count). The molecule has 2 aliphatic carbocycles. The fourth-order valence-electron chi connectivity index (χ4n) is 5.63. The molecule has 4 atom stereocenters. The van der Waals surface area contributed by atoms with Gasteiger partial charge in [-0.15, -0.1) is 0 Å². The number of hydrogen-bond donors (Lipinski definition) is 1. The van der Waals surface area contributed by atoms with Crippen LogP contribution in [0, 0.1) is 23.7 Å². The normalized spacial score (nSPS) is 29.9. The zero-order valence-corrected chi connectivity index (χ0v) is 18.6. The molecule has 3 fully saturated rings. The van der Waals surface area contributed by atoms with Gasteiger partial charge >= 0.3 is 0 Å². The minimum Gasteiger partial charge on any atom is -0.324 e. The fraction of sp³-hybridized carbons (Fsp3) is 0.522. The zero-order chi connectivity index (χ0) is 22.5. The molecule has 2 aliphatic heterocycles. The second-order valence-electron chi connectivity index (χ2n) is 9.16. The molecule has 0 spiro atoms. The van der Waals surface area contributed by atoms with Crippen LogP contribution in [0.1, 0.15) is 32.1 Å². The molecule has 0 aromatic heterocycles. The summed E-state index contributed by atoms with van der Waals surface area (Å²) in [7, 11) is -3.64. The standard InChI is InChI=1S/C23H27N3O5S/c27-19(14-26-22(28)20-15-8-9-16(12-15)21(20)23(26)29)24-17-6-5-7-18(13-17)32(30,31)25-10-3-1-2-4-11-25/h5-9,13,15-16,20-21H,1-4,10-12,14H2,(H,24,27)/t15-,16-,20-,21-/m0/s1. The number of anilines is 1. The van der Waals surface area contributed by atoms with Gasteiger partial charge in [-0.3, -0.25) is 19.3 Å². The molecule has 2 heterocycles. The number of nitrogens with zero attached hydrogens (tertiary/aromatic N) is 2. The molecule has 0 radical (unpaired) electrons. The fourth-order valence-corrected chi connectivity index (χ4v) is 7.19. The summed E-state index contributed by atoms with van der Waals surface area (Å²) >= 11 is 0. The summed E-state index contributed by atoms with van der Waals surface area (Å²) in [5.74, 6) is -1.56. The Hall–Kier alpha value is -2.52. The molecule has 1 aromatic rings. The minimum absolute atomic E-state index is 0.0930. The van der Waals surface area contributed by atoms with Crippen LogP contribution in [-0.4, -0.2) is 55.0 Å². The smallest absolute Gasteiger partial charge is 0.244 e. The lowest BCUT2D eigenvalue weighted by atomic mass is 9.85. The summed E-state index contributed by atoms with van der Waals surface area (Å²) < 4.78 is 27.6. The van der Waals surface area contributed by atoms with Gasteiger partial charge in [0.1, 0.15) is 6.54 Å². The molecule has 8 nitrogen and oxygen atoms in total. The number of carbonyl (C=O) groups excluding carboxylic acids is 3. The zero-order valence-electron chi connectivity index (χ0n) is 17.8. The van der Waals surface area contributed by atoms with Crippen molar-refractivity contribution in [2.24, 2.45) is 23.7 Å². The van der Waals surface area contributed by atoms with Crippen molar-refractivity contribution in [2.75, 3.05) is 25.0 Å². The van der Waals surface area contributed by atoms with E-state index in [1.807, 2.05) is 12.2 Å². The van der Waals surface area contributed by atoms with Crippen LogP contribution in [0.2, 0.25) is 0 Å². The number of imide groups is 1. The third-order valence-electron chi connectivity index (χ3n) is 7.18. The van der Waals surface area contributed by atoms with Crippen molar-refractivity contribution in [1.82, 2.24) is 9.21 Å². The van der Waals surface area contributed by atoms with E-state index in [-0.39, 0.29) is 46.9 Å². The Kier molecular flexibility index (Phi) is 5.41. The Labute approximate surface area is 187 Å². The molecular formula is C23H27N3O5S. The number of benzene rings is 1. The van der Waals surface area contributed by atoms with Crippen LogP contribution in [0.3, 0.4) is 0 Å². The SMILES string of the molecule is O=C(CN1C(=O)[C@@H]2[C@@H](C1=O)[C@H]1C=C[C@H]2C1)Nc1cccc(S(=O)(=O)N2CCCCCC2)c1. The summed E-state index contributed by atoms with van der Waals surface area (Å²) in [6.07, 6.45) is 8.59. The van der Waals surface area contributed by atoms with Gasteiger partial charge in [-0.2, -0.15) is 4.31 Å². The van der Waals surface area contributed by atoms with Crippen molar-refractivity contribution in [2.45, 2.75) is 37.0 Å². The number of hydrogen-bond acceptors (Lipinski definition) is 5. The summed E-state index contributed by atoms with van der Waals surface area (Å²) in [6.45, 7) is 0.641. The van der Waals surface area contributed by atoms with Gasteiger partial charge in [0.15, 0.2) is 0 Å². The van der Waals surface area contributed by atoms with Crippen LogP contribution < -0.4 is 5.32 Å². The van der Waals surface area contributed by atoms with Gasteiger partial charge < -0.3 is 5.32 Å². The van der Waals surface area contributed by atoms with Gasteiger partial charge in [0.05, 0.1) is 16.7 Å². The maximum Gasteiger partial charge on any atom is 0.244 e. The molecule has 1 saturated carbocycles. The number of likely N-dealkylation sites (tertiary alicyclic amines) is 1. The number of fused-ring (bicyclic) bond motifs is 5. The first-order valence-electron chi connectivity index (χ1n) is 11.3. The van der Waals surface area contributed by atoms with Crippen molar-refractivity contribution in [3.8, 4) is 0 Å². The molecule has 3 amide bonds. The third-order valence-corrected chi connectivity index (χ3v) is 9.08. The van der Waals surface area contributed by atoms with E-state index in [0.717, 1.165) is 37.0 Å². The van der Waals surface area contributed by atoms with Crippen LogP contribution in [0.5, 0.6) is 0 Å². The summed E-state index contributed by atoms with van der Waals surface area (Å²) in [4.78, 5) is 39.4. The van der Waals surface area contributed by atoms with Crippen molar-refractivity contribution in [3.05, 3.63) is 36.4 Å². The predicted octanol–water partition coefficient (Wildman–Crippen LogP) is 2.00. The minimum atomic E-state index is -3.64. The molecule has 0 unspecified atom stereocenters. The van der Waals surface area contributed by atoms with Gasteiger partial charge in [0.25, 0.3) is 0 Å². The molecule has 32 heavy (non-hydrogen) atoms. The second-order valence-corrected chi connectivity index (χ2v) is 11.1. The first-order chi connectivity index (χ1) is 15.4. The van der Waals surface area contributed by atoms with Crippen molar-refractivity contribution >= 4 is 33.4 Å². The van der Waals surface area contributed by atoms with Gasteiger partial charge in [-0.05, 0) is 49.3 Å². The van der Waals surface area contributed by atoms with Crippen LogP contribution in [0.15, 0.2) is 41.3 Å². The molecule has 1 aromatic carbocycles. The Morgan fingerprint density at radius 2 is 1.59 bits per heavy atom. The highest BCUT2D eigenvalue weighted by Crippen LogP contribution is 2.52. The Bertz CT molecular complexity index is 1060. The lowest BCUT2D eigenvalue weighted by Crippen LogP contribution is -2.39. The number of nitrogens with one attached hydrogen (secondary N) is 1. The average molecular weight is 458 g/mol. The van der Waals surface area contributed by atoms with E-state index >= 15 is 0 Å². The molecule has 9 heteroatoms. The summed E-state index contributed by atoms with van der Waals surface area (Å²) in [5, 5.41) is 2.66. The van der Waals surface area contributed by atoms with Crippen LogP contribution in [0.4, 0.5) is 5.69 Å². The highest BCUT2D eigenvalue weighted by atomic mass is 32.2. The highest BCUT2D eigenvalue weighted by Gasteiger charge is 2.59. The van der Waals surface area contributed by atoms with E-state index in [2.05, 4.69) is 5.32 Å². The maximum atomic E-state index is 13.0. The van der Waals surface area contributed by atoms with Gasteiger partial charge in [0.2, 0.25) is 27.7 Å². The van der Waals surface area contributed by atoms with E-state index < -0.39 is 15.9 Å². The number of sulfonamides is 1. The van der Waals surface area contributed by atoms with Crippen LogP contribution in [-0.2, 0) is 24.4 Å². The molecule has 4 aliphatic rings. The quantitative estimate of drug-likeness (QED) is 0.538. The summed E-state index contributed by atoms with van der Waals surface area (Å²) in [5.41, 5.74) is 0.326. The topological polar surface area (TPSA) is 104 Å². The monoisotopic (exact) mass is 457 g/mol. The van der Waals surface area contributed by atoms with Gasteiger partial charge in [-0.25, -0.2) is 8.42 Å². The van der Waals surface area contributed by atoms with Crippen LogP contribution >= 0.6 is 0 Å². The van der Waals surface area contributed by atoms with Crippen LogP contribution in [0.25, 0.3) is 0 Å². The Morgan fingerprint density at radius 1 is 0.969 bits per heavy atom. The number of amides is 3. The molecule has 170 valence electrons. The first-order valence-corrected chi connectivity index (χ1v) is 12.7. The lowest BCUT2D eigenvalue weighted by Gasteiger charge is -2.20. The maximum absolute atomic E-state index is 13.0. The third kappa shape index (κ3) is 3.57. The predicted molar refractivity (Wildman–Crippen MR) is 117 cm³/mol. The first kappa shape index (κ1) is 21.3. The van der Waals surface area contributed by atoms with E-state index in [4.69, 9.17) is 0 Å². The molecule has 2 saturated heterocycles. The second kappa shape index (κ2) is 8.12.